The van der Waals surface area contributed by atoms with E-state index in [2.05, 4.69) is 21.9 Å². The maximum absolute atomic E-state index is 10.2. The Hall–Kier alpha value is -2.78. The van der Waals surface area contributed by atoms with Gasteiger partial charge in [-0.15, -0.1) is 0 Å². The summed E-state index contributed by atoms with van der Waals surface area (Å²) in [7, 11) is 0. The zero-order valence-corrected chi connectivity index (χ0v) is 14.2. The van der Waals surface area contributed by atoms with Crippen LogP contribution in [0.25, 0.3) is 0 Å². The number of nitrogens with zero attached hydrogens (tertiary/aromatic N) is 3. The van der Waals surface area contributed by atoms with Gasteiger partial charge >= 0.3 is 0 Å². The lowest BCUT2D eigenvalue weighted by Crippen LogP contribution is -2.42. The van der Waals surface area contributed by atoms with Gasteiger partial charge in [0.1, 0.15) is 12.0 Å². The summed E-state index contributed by atoms with van der Waals surface area (Å²) >= 11 is 0. The van der Waals surface area contributed by atoms with E-state index in [1.807, 2.05) is 44.2 Å². The SMILES string of the molecule is CC(O)N(C1=CC=NCC=CNN1)c1ccc(C(C)(C)C#N)cc1. The van der Waals surface area contributed by atoms with Crippen molar-refractivity contribution in [1.29, 1.82) is 5.26 Å². The van der Waals surface area contributed by atoms with Crippen LogP contribution in [-0.4, -0.2) is 24.1 Å². The Balaban J connectivity index is 2.34. The fourth-order valence-corrected chi connectivity index (χ4v) is 2.31. The van der Waals surface area contributed by atoms with Crippen molar-refractivity contribution in [2.24, 2.45) is 4.99 Å². The second-order valence-corrected chi connectivity index (χ2v) is 6.02. The normalized spacial score (nSPS) is 15.7. The van der Waals surface area contributed by atoms with E-state index in [0.29, 0.717) is 12.4 Å². The molecular formula is C18H23N5O. The van der Waals surface area contributed by atoms with Crippen LogP contribution in [0.15, 0.2) is 53.4 Å². The average Bonchev–Trinajstić information content (AvgIpc) is 2.69. The fourth-order valence-electron chi connectivity index (χ4n) is 2.31. The molecule has 3 N–H and O–H groups in total. The molecule has 0 aliphatic carbocycles. The van der Waals surface area contributed by atoms with Crippen molar-refractivity contribution in [3.63, 3.8) is 0 Å². The second kappa shape index (κ2) is 7.66. The molecule has 0 spiro atoms. The van der Waals surface area contributed by atoms with Crippen LogP contribution in [0.3, 0.4) is 0 Å². The highest BCUT2D eigenvalue weighted by atomic mass is 16.3. The van der Waals surface area contributed by atoms with E-state index < -0.39 is 11.6 Å². The lowest BCUT2D eigenvalue weighted by Gasteiger charge is -2.31. The van der Waals surface area contributed by atoms with Crippen LogP contribution < -0.4 is 15.8 Å². The monoisotopic (exact) mass is 325 g/mol. The molecule has 126 valence electrons. The summed E-state index contributed by atoms with van der Waals surface area (Å²) in [5, 5.41) is 19.5. The van der Waals surface area contributed by atoms with Crippen LogP contribution >= 0.6 is 0 Å². The Morgan fingerprint density at radius 2 is 2.04 bits per heavy atom. The Bertz CT molecular complexity index is 680. The number of nitriles is 1. The highest BCUT2D eigenvalue weighted by Gasteiger charge is 2.21. The largest absolute Gasteiger partial charge is 0.373 e. The molecule has 1 aliphatic rings. The van der Waals surface area contributed by atoms with E-state index in [9.17, 15) is 10.4 Å². The van der Waals surface area contributed by atoms with E-state index in [4.69, 9.17) is 0 Å². The molecule has 1 aromatic carbocycles. The first-order valence-corrected chi connectivity index (χ1v) is 7.81. The van der Waals surface area contributed by atoms with Gasteiger partial charge in [-0.2, -0.15) is 5.26 Å². The van der Waals surface area contributed by atoms with Gasteiger partial charge in [0, 0.05) is 18.1 Å². The van der Waals surface area contributed by atoms with E-state index in [0.717, 1.165) is 11.3 Å². The number of anilines is 1. The number of allylic oxidation sites excluding steroid dienone is 1. The van der Waals surface area contributed by atoms with E-state index in [-0.39, 0.29) is 0 Å². The zero-order valence-electron chi connectivity index (χ0n) is 14.2. The van der Waals surface area contributed by atoms with Gasteiger partial charge in [-0.1, -0.05) is 12.1 Å². The molecule has 2 rings (SSSR count). The van der Waals surface area contributed by atoms with Crippen molar-refractivity contribution in [2.75, 3.05) is 11.4 Å². The number of benzene rings is 1. The first-order chi connectivity index (χ1) is 11.5. The quantitative estimate of drug-likeness (QED) is 0.739. The van der Waals surface area contributed by atoms with Crippen molar-refractivity contribution in [1.82, 2.24) is 10.9 Å². The summed E-state index contributed by atoms with van der Waals surface area (Å²) in [6.45, 7) is 6.04. The molecule has 0 fully saturated rings. The lowest BCUT2D eigenvalue weighted by molar-refractivity contribution is 0.194. The van der Waals surface area contributed by atoms with Gasteiger partial charge in [0.05, 0.1) is 18.0 Å². The van der Waals surface area contributed by atoms with Crippen molar-refractivity contribution >= 4 is 11.9 Å². The Morgan fingerprint density at radius 1 is 1.33 bits per heavy atom. The standard InChI is InChI=1S/C18H23N5O/c1-14(24)23(17-9-12-20-10-4-11-21-22-17)16-7-5-15(6-8-16)18(2,3)13-19/h4-9,11-12,14,21-22,24H,10H2,1-3H3. The summed E-state index contributed by atoms with van der Waals surface area (Å²) in [5.74, 6) is 0.660. The molecule has 0 saturated carbocycles. The molecule has 1 heterocycles. The minimum atomic E-state index is -0.751. The molecule has 0 radical (unpaired) electrons. The van der Waals surface area contributed by atoms with Gasteiger partial charge in [0.2, 0.25) is 0 Å². The maximum atomic E-state index is 10.2. The minimum Gasteiger partial charge on any atom is -0.373 e. The number of hydrogen-bond donors (Lipinski definition) is 3. The van der Waals surface area contributed by atoms with Gasteiger partial charge in [-0.3, -0.25) is 10.4 Å². The lowest BCUT2D eigenvalue weighted by atomic mass is 9.86. The highest BCUT2D eigenvalue weighted by Crippen LogP contribution is 2.26. The second-order valence-electron chi connectivity index (χ2n) is 6.02. The van der Waals surface area contributed by atoms with Gasteiger partial charge < -0.3 is 15.4 Å². The molecular weight excluding hydrogens is 302 g/mol. The summed E-state index contributed by atoms with van der Waals surface area (Å²) in [4.78, 5) is 5.96. The van der Waals surface area contributed by atoms with Crippen molar-refractivity contribution in [3.05, 3.63) is 54.0 Å². The predicted octanol–water partition coefficient (Wildman–Crippen LogP) is 2.17. The van der Waals surface area contributed by atoms with Crippen LogP contribution in [0.1, 0.15) is 26.3 Å². The van der Waals surface area contributed by atoms with Gasteiger partial charge in [0.15, 0.2) is 0 Å². The molecule has 1 aliphatic heterocycles. The van der Waals surface area contributed by atoms with Gasteiger partial charge in [-0.25, -0.2) is 0 Å². The Labute approximate surface area is 142 Å². The Kier molecular flexibility index (Phi) is 5.61. The number of hydrogen-bond acceptors (Lipinski definition) is 6. The molecule has 1 unspecified atom stereocenters. The summed E-state index contributed by atoms with van der Waals surface area (Å²) in [6.07, 6.45) is 6.38. The van der Waals surface area contributed by atoms with Crippen LogP contribution in [-0.2, 0) is 5.41 Å². The maximum Gasteiger partial charge on any atom is 0.129 e. The summed E-state index contributed by atoms with van der Waals surface area (Å²) < 4.78 is 0. The third-order valence-corrected chi connectivity index (χ3v) is 3.73. The van der Waals surface area contributed by atoms with Crippen LogP contribution in [0, 0.1) is 11.3 Å². The predicted molar refractivity (Wildman–Crippen MR) is 96.1 cm³/mol. The molecule has 0 saturated heterocycles. The molecule has 0 amide bonds. The number of rotatable bonds is 4. The van der Waals surface area contributed by atoms with E-state index in [1.54, 1.807) is 30.3 Å². The topological polar surface area (TPSA) is 83.7 Å². The van der Waals surface area contributed by atoms with Crippen LogP contribution in [0.5, 0.6) is 0 Å². The molecule has 0 aromatic heterocycles. The first kappa shape index (κ1) is 17.6. The van der Waals surface area contributed by atoms with Crippen LogP contribution in [0.4, 0.5) is 5.69 Å². The van der Waals surface area contributed by atoms with Crippen molar-refractivity contribution in [2.45, 2.75) is 32.4 Å². The molecule has 6 nitrogen and oxygen atoms in total. The zero-order chi connectivity index (χ0) is 17.6. The molecule has 24 heavy (non-hydrogen) atoms. The van der Waals surface area contributed by atoms with Gasteiger partial charge in [0.25, 0.3) is 0 Å². The smallest absolute Gasteiger partial charge is 0.129 e. The summed E-state index contributed by atoms with van der Waals surface area (Å²) in [5.41, 5.74) is 7.18. The third-order valence-electron chi connectivity index (χ3n) is 3.73. The number of hydrazine groups is 1. The Morgan fingerprint density at radius 3 is 2.67 bits per heavy atom. The third kappa shape index (κ3) is 4.15. The number of aliphatic hydroxyl groups excluding tert-OH is 1. The number of aliphatic hydroxyl groups is 1. The molecule has 6 heteroatoms. The number of nitrogens with one attached hydrogen (secondary N) is 2. The minimum absolute atomic E-state index is 0.553. The van der Waals surface area contributed by atoms with E-state index in [1.165, 1.54) is 0 Å². The van der Waals surface area contributed by atoms with Crippen LogP contribution in [0.2, 0.25) is 0 Å². The van der Waals surface area contributed by atoms with E-state index >= 15 is 0 Å². The molecule has 1 aromatic rings. The molecule has 0 bridgehead atoms. The average molecular weight is 325 g/mol. The highest BCUT2D eigenvalue weighted by molar-refractivity contribution is 5.74. The number of aliphatic imine (C=N–C) groups is 1. The van der Waals surface area contributed by atoms with Gasteiger partial charge in [-0.05, 0) is 50.6 Å². The first-order valence-electron chi connectivity index (χ1n) is 7.81. The van der Waals surface area contributed by atoms with Crippen molar-refractivity contribution < 1.29 is 5.11 Å². The fraction of sp³-hybridized carbons (Fsp3) is 0.333. The molecule has 1 atom stereocenters. The summed E-state index contributed by atoms with van der Waals surface area (Å²) in [6, 6.07) is 9.89. The van der Waals surface area contributed by atoms with Crippen molar-refractivity contribution in [3.8, 4) is 6.07 Å².